The molecule has 0 bridgehead atoms. The van der Waals surface area contributed by atoms with Gasteiger partial charge >= 0.3 is 5.97 Å². The minimum absolute atomic E-state index is 0.0169. The maximum Gasteiger partial charge on any atom is 0.354 e. The Balaban J connectivity index is 1.57. The SMILES string of the molecule is COC1CN(c2cc(C(=O)O)nc3ccccc23)CCC1NC(=O)c1[nH]c(C)c(Cl)c1Cl. The highest BCUT2D eigenvalue weighted by atomic mass is 35.5. The lowest BCUT2D eigenvalue weighted by Crippen LogP contribution is -2.55. The van der Waals surface area contributed by atoms with E-state index in [0.717, 1.165) is 11.1 Å². The normalized spacial score (nSPS) is 18.7. The molecule has 1 aliphatic heterocycles. The third kappa shape index (κ3) is 4.13. The zero-order valence-corrected chi connectivity index (χ0v) is 19.0. The molecule has 1 saturated heterocycles. The maximum atomic E-state index is 12.8. The number of anilines is 1. The zero-order chi connectivity index (χ0) is 23.0. The lowest BCUT2D eigenvalue weighted by atomic mass is 9.99. The van der Waals surface area contributed by atoms with E-state index < -0.39 is 5.97 Å². The highest BCUT2D eigenvalue weighted by Crippen LogP contribution is 2.31. The van der Waals surface area contributed by atoms with E-state index in [1.54, 1.807) is 26.2 Å². The van der Waals surface area contributed by atoms with E-state index in [9.17, 15) is 14.7 Å². The molecule has 3 aromatic rings. The van der Waals surface area contributed by atoms with Crippen LogP contribution in [0.1, 0.15) is 33.1 Å². The highest BCUT2D eigenvalue weighted by molar-refractivity contribution is 6.44. The average Bonchev–Trinajstić information content (AvgIpc) is 3.05. The number of rotatable bonds is 5. The van der Waals surface area contributed by atoms with Gasteiger partial charge in [0.1, 0.15) is 5.69 Å². The first-order valence-corrected chi connectivity index (χ1v) is 10.8. The van der Waals surface area contributed by atoms with Gasteiger partial charge in [-0.15, -0.1) is 0 Å². The molecule has 0 spiro atoms. The van der Waals surface area contributed by atoms with Crippen molar-refractivity contribution in [1.29, 1.82) is 0 Å². The van der Waals surface area contributed by atoms with Crippen LogP contribution < -0.4 is 10.2 Å². The number of halogens is 2. The number of aromatic amines is 1. The lowest BCUT2D eigenvalue weighted by molar-refractivity contribution is 0.0540. The van der Waals surface area contributed by atoms with Gasteiger partial charge in [0.15, 0.2) is 5.69 Å². The Bertz CT molecular complexity index is 1200. The first kappa shape index (κ1) is 22.4. The van der Waals surface area contributed by atoms with E-state index in [2.05, 4.69) is 20.2 Å². The number of aryl methyl sites for hydroxylation is 1. The molecule has 0 aliphatic carbocycles. The van der Waals surface area contributed by atoms with Gasteiger partial charge in [0.2, 0.25) is 0 Å². The standard InChI is InChI=1S/C22H22Cl2N4O4/c1-11-18(23)19(24)20(25-11)21(29)27-14-7-8-28(10-17(14)32-2)16-9-15(22(30)31)26-13-6-4-3-5-12(13)16/h3-6,9,14,17,25H,7-8,10H2,1-2H3,(H,27,29)(H,30,31). The topological polar surface area (TPSA) is 108 Å². The number of aromatic nitrogens is 2. The van der Waals surface area contributed by atoms with E-state index in [1.165, 1.54) is 0 Å². The molecule has 168 valence electrons. The largest absolute Gasteiger partial charge is 0.477 e. The Hall–Kier alpha value is -2.81. The van der Waals surface area contributed by atoms with Crippen molar-refractivity contribution < 1.29 is 19.4 Å². The number of carbonyl (C=O) groups excluding carboxylic acids is 1. The number of nitrogens with zero attached hydrogens (tertiary/aromatic N) is 2. The molecule has 32 heavy (non-hydrogen) atoms. The van der Waals surface area contributed by atoms with Crippen LogP contribution in [0.2, 0.25) is 10.0 Å². The summed E-state index contributed by atoms with van der Waals surface area (Å²) in [5.74, 6) is -1.44. The number of ether oxygens (including phenoxy) is 1. The van der Waals surface area contributed by atoms with Crippen LogP contribution in [-0.2, 0) is 4.74 Å². The molecule has 2 unspecified atom stereocenters. The van der Waals surface area contributed by atoms with Crippen LogP contribution >= 0.6 is 23.2 Å². The molecule has 2 aromatic heterocycles. The van der Waals surface area contributed by atoms with Gasteiger partial charge in [-0.25, -0.2) is 9.78 Å². The van der Waals surface area contributed by atoms with Crippen LogP contribution in [0.25, 0.3) is 10.9 Å². The van der Waals surface area contributed by atoms with Crippen molar-refractivity contribution in [3.63, 3.8) is 0 Å². The van der Waals surface area contributed by atoms with E-state index in [1.807, 2.05) is 18.2 Å². The summed E-state index contributed by atoms with van der Waals surface area (Å²) < 4.78 is 5.68. The van der Waals surface area contributed by atoms with Crippen LogP contribution in [0.5, 0.6) is 0 Å². The van der Waals surface area contributed by atoms with Crippen molar-refractivity contribution in [2.24, 2.45) is 0 Å². The van der Waals surface area contributed by atoms with E-state index in [4.69, 9.17) is 27.9 Å². The fourth-order valence-electron chi connectivity index (χ4n) is 4.04. The number of hydrogen-bond donors (Lipinski definition) is 3. The summed E-state index contributed by atoms with van der Waals surface area (Å²) in [6, 6.07) is 8.75. The average molecular weight is 477 g/mol. The number of pyridine rings is 1. The summed E-state index contributed by atoms with van der Waals surface area (Å²) in [5, 5.41) is 13.8. The number of nitrogens with one attached hydrogen (secondary N) is 2. The molecule has 3 N–H and O–H groups in total. The van der Waals surface area contributed by atoms with Gasteiger partial charge in [-0.05, 0) is 25.5 Å². The second kappa shape index (κ2) is 8.97. The van der Waals surface area contributed by atoms with Gasteiger partial charge < -0.3 is 25.0 Å². The number of aromatic carboxylic acids is 1. The predicted molar refractivity (Wildman–Crippen MR) is 123 cm³/mol. The Kier molecular flexibility index (Phi) is 6.28. The first-order chi connectivity index (χ1) is 15.3. The highest BCUT2D eigenvalue weighted by Gasteiger charge is 2.33. The number of carbonyl (C=O) groups is 2. The van der Waals surface area contributed by atoms with Gasteiger partial charge in [-0.1, -0.05) is 41.4 Å². The summed E-state index contributed by atoms with van der Waals surface area (Å²) in [4.78, 5) is 33.6. The molecular weight excluding hydrogens is 455 g/mol. The van der Waals surface area contributed by atoms with E-state index in [-0.39, 0.29) is 34.5 Å². The number of amides is 1. The quantitative estimate of drug-likeness (QED) is 0.515. The number of carboxylic acids is 1. The summed E-state index contributed by atoms with van der Waals surface area (Å²) in [6.07, 6.45) is 0.271. The second-order valence-corrected chi connectivity index (χ2v) is 8.45. The Labute approximate surface area is 194 Å². The fourth-order valence-corrected chi connectivity index (χ4v) is 4.45. The molecule has 0 saturated carbocycles. The number of H-pyrrole nitrogens is 1. The van der Waals surface area contributed by atoms with Crippen molar-refractivity contribution in [3.05, 3.63) is 57.5 Å². The molecule has 1 amide bonds. The van der Waals surface area contributed by atoms with Crippen molar-refractivity contribution in [2.75, 3.05) is 25.1 Å². The molecule has 1 aromatic carbocycles. The molecule has 4 rings (SSSR count). The van der Waals surface area contributed by atoms with Gasteiger partial charge in [0, 0.05) is 37.0 Å². The lowest BCUT2D eigenvalue weighted by Gasteiger charge is -2.39. The zero-order valence-electron chi connectivity index (χ0n) is 17.5. The molecule has 3 heterocycles. The van der Waals surface area contributed by atoms with Crippen LogP contribution in [0, 0.1) is 6.92 Å². The number of para-hydroxylation sites is 1. The molecule has 0 radical (unpaired) electrons. The monoisotopic (exact) mass is 476 g/mol. The molecule has 1 fully saturated rings. The van der Waals surface area contributed by atoms with Crippen molar-refractivity contribution >= 4 is 51.7 Å². The summed E-state index contributed by atoms with van der Waals surface area (Å²) in [5.41, 5.74) is 2.21. The Morgan fingerprint density at radius 1 is 1.28 bits per heavy atom. The van der Waals surface area contributed by atoms with Crippen LogP contribution in [0.15, 0.2) is 30.3 Å². The molecule has 8 nitrogen and oxygen atoms in total. The summed E-state index contributed by atoms with van der Waals surface area (Å²) in [6.45, 7) is 2.80. The van der Waals surface area contributed by atoms with Crippen molar-refractivity contribution in [1.82, 2.24) is 15.3 Å². The third-order valence-corrected chi connectivity index (χ3v) is 6.66. The number of fused-ring (bicyclic) bond motifs is 1. The number of piperidine rings is 1. The number of benzene rings is 1. The number of hydrogen-bond acceptors (Lipinski definition) is 5. The molecule has 10 heteroatoms. The van der Waals surface area contributed by atoms with Crippen LogP contribution in [0.3, 0.4) is 0 Å². The Morgan fingerprint density at radius 3 is 2.69 bits per heavy atom. The van der Waals surface area contributed by atoms with Gasteiger partial charge in [0.05, 0.1) is 27.7 Å². The van der Waals surface area contributed by atoms with E-state index >= 15 is 0 Å². The Morgan fingerprint density at radius 2 is 2.03 bits per heavy atom. The first-order valence-electron chi connectivity index (χ1n) is 10.1. The van der Waals surface area contributed by atoms with Crippen LogP contribution in [0.4, 0.5) is 5.69 Å². The third-order valence-electron chi connectivity index (χ3n) is 5.71. The van der Waals surface area contributed by atoms with Crippen molar-refractivity contribution in [3.8, 4) is 0 Å². The van der Waals surface area contributed by atoms with Crippen LogP contribution in [-0.4, -0.2) is 59.3 Å². The minimum atomic E-state index is -1.08. The summed E-state index contributed by atoms with van der Waals surface area (Å²) >= 11 is 12.3. The molecule has 1 aliphatic rings. The minimum Gasteiger partial charge on any atom is -0.477 e. The number of carboxylic acid groups (broad SMARTS) is 1. The smallest absolute Gasteiger partial charge is 0.354 e. The van der Waals surface area contributed by atoms with Gasteiger partial charge in [-0.2, -0.15) is 0 Å². The number of methoxy groups -OCH3 is 1. The van der Waals surface area contributed by atoms with E-state index in [0.29, 0.717) is 35.7 Å². The van der Waals surface area contributed by atoms with Gasteiger partial charge in [-0.3, -0.25) is 4.79 Å². The molecular formula is C22H22Cl2N4O4. The van der Waals surface area contributed by atoms with Crippen molar-refractivity contribution in [2.45, 2.75) is 25.5 Å². The second-order valence-electron chi connectivity index (χ2n) is 7.69. The predicted octanol–water partition coefficient (Wildman–Crippen LogP) is 3.90. The molecule has 2 atom stereocenters. The fraction of sp³-hybridized carbons (Fsp3) is 0.318. The summed E-state index contributed by atoms with van der Waals surface area (Å²) in [7, 11) is 1.59. The maximum absolute atomic E-state index is 12.8. The van der Waals surface area contributed by atoms with Gasteiger partial charge in [0.25, 0.3) is 5.91 Å².